The van der Waals surface area contributed by atoms with Crippen molar-refractivity contribution in [3.8, 4) is 0 Å². The molecule has 3 saturated carbocycles. The number of aliphatic hydroxyl groups is 1. The van der Waals surface area contributed by atoms with E-state index in [9.17, 15) is 14.7 Å². The molecule has 4 heteroatoms. The third-order valence-corrected chi connectivity index (χ3v) is 11.6. The summed E-state index contributed by atoms with van der Waals surface area (Å²) in [4.78, 5) is 25.9. The third kappa shape index (κ3) is 3.80. The molecule has 0 heterocycles. The number of hydrogen-bond acceptors (Lipinski definition) is 4. The summed E-state index contributed by atoms with van der Waals surface area (Å²) in [5, 5.41) is 11.6. The van der Waals surface area contributed by atoms with Gasteiger partial charge >= 0.3 is 5.97 Å². The summed E-state index contributed by atoms with van der Waals surface area (Å²) >= 11 is 0. The number of esters is 1. The van der Waals surface area contributed by atoms with E-state index < -0.39 is 6.10 Å². The summed E-state index contributed by atoms with van der Waals surface area (Å²) in [5.41, 5.74) is 2.27. The molecule has 4 rings (SSSR count). The smallest absolute Gasteiger partial charge is 0.309 e. The van der Waals surface area contributed by atoms with Crippen molar-refractivity contribution in [3.63, 3.8) is 0 Å². The molecule has 4 nitrogen and oxygen atoms in total. The van der Waals surface area contributed by atoms with Gasteiger partial charge in [-0.05, 0) is 86.9 Å². The first-order chi connectivity index (χ1) is 16.2. The van der Waals surface area contributed by atoms with Gasteiger partial charge in [-0.2, -0.15) is 0 Å². The average molecular weight is 485 g/mol. The molecule has 0 spiro atoms. The summed E-state index contributed by atoms with van der Waals surface area (Å²) < 4.78 is 5.30. The fourth-order valence-electron chi connectivity index (χ4n) is 9.48. The van der Waals surface area contributed by atoms with Crippen molar-refractivity contribution in [2.75, 3.05) is 7.11 Å². The van der Waals surface area contributed by atoms with Gasteiger partial charge in [0.1, 0.15) is 5.78 Å². The number of Topliss-reactive ketones (excluding diaryl/α,β-unsaturated/α-hetero) is 1. The molecule has 1 unspecified atom stereocenters. The lowest BCUT2D eigenvalue weighted by atomic mass is 9.41. The zero-order chi connectivity index (χ0) is 26.0. The van der Waals surface area contributed by atoms with Crippen LogP contribution in [0, 0.1) is 45.3 Å². The van der Waals surface area contributed by atoms with E-state index in [2.05, 4.69) is 60.6 Å². The van der Waals surface area contributed by atoms with Gasteiger partial charge in [0.05, 0.1) is 19.1 Å². The summed E-state index contributed by atoms with van der Waals surface area (Å²) in [6.45, 7) is 15.6. The van der Waals surface area contributed by atoms with Gasteiger partial charge < -0.3 is 9.84 Å². The average Bonchev–Trinajstić information content (AvgIpc) is 2.99. The summed E-state index contributed by atoms with van der Waals surface area (Å²) in [7, 11) is 1.48. The molecule has 0 aromatic heterocycles. The number of ether oxygens (including phenoxy) is 1. The van der Waals surface area contributed by atoms with Crippen LogP contribution in [0.3, 0.4) is 0 Å². The van der Waals surface area contributed by atoms with Gasteiger partial charge in [-0.15, -0.1) is 0 Å². The summed E-state index contributed by atoms with van der Waals surface area (Å²) in [6, 6.07) is 0. The molecule has 3 fully saturated rings. The highest BCUT2D eigenvalue weighted by Gasteiger charge is 2.68. The Kier molecular flexibility index (Phi) is 6.74. The Morgan fingerprint density at radius 1 is 1.20 bits per heavy atom. The van der Waals surface area contributed by atoms with Gasteiger partial charge in [0.2, 0.25) is 0 Å². The Bertz CT molecular complexity index is 940. The van der Waals surface area contributed by atoms with Gasteiger partial charge in [0, 0.05) is 17.8 Å². The van der Waals surface area contributed by atoms with Crippen molar-refractivity contribution in [2.24, 2.45) is 45.3 Å². The molecule has 0 aliphatic heterocycles. The number of rotatable bonds is 5. The van der Waals surface area contributed by atoms with Crippen molar-refractivity contribution in [1.82, 2.24) is 0 Å². The largest absolute Gasteiger partial charge is 0.469 e. The lowest BCUT2D eigenvalue weighted by molar-refractivity contribution is -0.154. The molecule has 0 bridgehead atoms. The minimum absolute atomic E-state index is 0.109. The van der Waals surface area contributed by atoms with Crippen LogP contribution in [-0.2, 0) is 14.3 Å². The lowest BCUT2D eigenvalue weighted by Gasteiger charge is -2.63. The normalized spacial score (nSPS) is 42.8. The van der Waals surface area contributed by atoms with Crippen LogP contribution in [0.25, 0.3) is 0 Å². The molecular weight excluding hydrogens is 436 g/mol. The zero-order valence-corrected chi connectivity index (χ0v) is 23.4. The maximum Gasteiger partial charge on any atom is 0.309 e. The second-order valence-electron chi connectivity index (χ2n) is 13.7. The first-order valence-corrected chi connectivity index (χ1v) is 13.9. The van der Waals surface area contributed by atoms with Crippen molar-refractivity contribution < 1.29 is 19.4 Å². The summed E-state index contributed by atoms with van der Waals surface area (Å²) in [6.07, 6.45) is 11.0. The second-order valence-corrected chi connectivity index (χ2v) is 13.7. The number of aliphatic hydroxyl groups excluding tert-OH is 1. The van der Waals surface area contributed by atoms with Crippen molar-refractivity contribution in [2.45, 2.75) is 106 Å². The molecule has 0 amide bonds. The van der Waals surface area contributed by atoms with Crippen molar-refractivity contribution in [1.29, 1.82) is 0 Å². The van der Waals surface area contributed by atoms with E-state index in [0.29, 0.717) is 36.9 Å². The number of allylic oxidation sites excluding steroid dienone is 4. The first kappa shape index (κ1) is 26.6. The molecule has 8 atom stereocenters. The highest BCUT2D eigenvalue weighted by atomic mass is 16.5. The van der Waals surface area contributed by atoms with E-state index in [1.165, 1.54) is 18.3 Å². The van der Waals surface area contributed by atoms with Crippen LogP contribution in [0.4, 0.5) is 0 Å². The van der Waals surface area contributed by atoms with E-state index in [1.807, 2.05) is 0 Å². The van der Waals surface area contributed by atoms with Crippen molar-refractivity contribution in [3.05, 3.63) is 23.3 Å². The van der Waals surface area contributed by atoms with Crippen LogP contribution in [-0.4, -0.2) is 30.1 Å². The second kappa shape index (κ2) is 8.85. The minimum atomic E-state index is -0.518. The maximum atomic E-state index is 13.1. The number of carbonyl (C=O) groups is 2. The molecule has 0 aromatic carbocycles. The SMILES string of the molecule is COC(=O)[C@H](CCC=C(C)C)[C@@H]1[C@@H](O)C[C@]2(C)C3=CC[C@H]4C(C)(C)C(=O)CC[C@]4(C)C3CC[C@@]12C. The number of hydrogen-bond donors (Lipinski definition) is 1. The van der Waals surface area contributed by atoms with Gasteiger partial charge in [-0.25, -0.2) is 0 Å². The van der Waals surface area contributed by atoms with Gasteiger partial charge in [0.25, 0.3) is 0 Å². The Balaban J connectivity index is 1.72. The predicted molar refractivity (Wildman–Crippen MR) is 140 cm³/mol. The van der Waals surface area contributed by atoms with Crippen LogP contribution in [0.15, 0.2) is 23.3 Å². The lowest BCUT2D eigenvalue weighted by Crippen LogP contribution is -2.57. The van der Waals surface area contributed by atoms with Crippen LogP contribution >= 0.6 is 0 Å². The molecule has 4 aliphatic rings. The fraction of sp³-hybridized carbons (Fsp3) is 0.806. The van der Waals surface area contributed by atoms with Crippen LogP contribution in [0.2, 0.25) is 0 Å². The number of carbonyl (C=O) groups excluding carboxylic acids is 2. The Labute approximate surface area is 213 Å². The monoisotopic (exact) mass is 484 g/mol. The molecular formula is C31H48O4. The maximum absolute atomic E-state index is 13.1. The standard InChI is InChI=1S/C31H48O4/c1-19(2)10-9-11-20(27(34)35-8)26-23(32)18-31(7)22-12-13-24-28(3,4)25(33)15-16-29(24,5)21(22)14-17-30(26,31)6/h10,12,20-21,23-24,26,32H,9,11,13-18H2,1-8H3/t20-,21?,23+,24+,26-,29-,30+,31-/m1/s1. The zero-order valence-electron chi connectivity index (χ0n) is 23.4. The number of fused-ring (bicyclic) bond motifs is 5. The summed E-state index contributed by atoms with van der Waals surface area (Å²) in [5.74, 6) is 0.639. The Hall–Kier alpha value is -1.42. The van der Waals surface area contributed by atoms with E-state index in [0.717, 1.165) is 32.1 Å². The topological polar surface area (TPSA) is 63.6 Å². The third-order valence-electron chi connectivity index (χ3n) is 11.6. The Morgan fingerprint density at radius 2 is 1.89 bits per heavy atom. The van der Waals surface area contributed by atoms with E-state index >= 15 is 0 Å². The van der Waals surface area contributed by atoms with E-state index in [4.69, 9.17) is 4.74 Å². The van der Waals surface area contributed by atoms with Gasteiger partial charge in [0.15, 0.2) is 0 Å². The van der Waals surface area contributed by atoms with Crippen LogP contribution in [0.1, 0.15) is 99.8 Å². The quantitative estimate of drug-likeness (QED) is 0.350. The van der Waals surface area contributed by atoms with Gasteiger partial charge in [-0.1, -0.05) is 57.9 Å². The first-order valence-electron chi connectivity index (χ1n) is 13.9. The molecule has 1 N–H and O–H groups in total. The highest BCUT2D eigenvalue weighted by molar-refractivity contribution is 5.85. The van der Waals surface area contributed by atoms with Crippen molar-refractivity contribution >= 4 is 11.8 Å². The fourth-order valence-corrected chi connectivity index (χ4v) is 9.48. The predicted octanol–water partition coefficient (Wildman–Crippen LogP) is 6.67. The molecule has 196 valence electrons. The highest BCUT2D eigenvalue weighted by Crippen LogP contribution is 2.73. The molecule has 0 saturated heterocycles. The molecule has 0 aromatic rings. The minimum Gasteiger partial charge on any atom is -0.469 e. The molecule has 0 radical (unpaired) electrons. The van der Waals surface area contributed by atoms with Gasteiger partial charge in [-0.3, -0.25) is 9.59 Å². The molecule has 4 aliphatic carbocycles. The number of ketones is 1. The van der Waals surface area contributed by atoms with E-state index in [-0.39, 0.29) is 39.5 Å². The van der Waals surface area contributed by atoms with E-state index in [1.54, 1.807) is 0 Å². The van der Waals surface area contributed by atoms with Crippen LogP contribution < -0.4 is 0 Å². The Morgan fingerprint density at radius 3 is 2.51 bits per heavy atom. The number of methoxy groups -OCH3 is 1. The van der Waals surface area contributed by atoms with Crippen LogP contribution in [0.5, 0.6) is 0 Å². The molecule has 35 heavy (non-hydrogen) atoms.